The number of hydrogen-bond acceptors (Lipinski definition) is 8. The van der Waals surface area contributed by atoms with E-state index in [0.29, 0.717) is 24.7 Å². The fraction of sp³-hybridized carbons (Fsp3) is 0.229. The molecule has 0 saturated carbocycles. The van der Waals surface area contributed by atoms with E-state index in [4.69, 9.17) is 0 Å². The number of para-hydroxylation sites is 2. The molecule has 12 heteroatoms. The van der Waals surface area contributed by atoms with Gasteiger partial charge in [-0.2, -0.15) is 46.5 Å². The van der Waals surface area contributed by atoms with Crippen LogP contribution in [-0.4, -0.2) is 67.6 Å². The first kappa shape index (κ1) is 69.4. The van der Waals surface area contributed by atoms with Gasteiger partial charge in [-0.15, -0.1) is 23.7 Å². The van der Waals surface area contributed by atoms with Crippen molar-refractivity contribution in [2.45, 2.75) is 97.8 Å². The molecule has 95 heavy (non-hydrogen) atoms. The number of likely N-dealkylation sites (N-methyl/N-ethyl adjacent to an activating group) is 4. The van der Waals surface area contributed by atoms with Gasteiger partial charge >= 0.3 is 0 Å². The van der Waals surface area contributed by atoms with Gasteiger partial charge in [0, 0.05) is 207 Å². The third-order valence-corrected chi connectivity index (χ3v) is 21.8. The van der Waals surface area contributed by atoms with E-state index in [0.717, 1.165) is 0 Å². The molecule has 10 aliphatic rings. The maximum absolute atomic E-state index is 2.53. The Kier molecular flexibility index (Phi) is 19.2. The molecule has 2 aliphatic carbocycles. The van der Waals surface area contributed by atoms with Crippen molar-refractivity contribution in [2.75, 3.05) is 52.7 Å². The number of hydrogen-bond donors (Lipinski definition) is 0. The van der Waals surface area contributed by atoms with Gasteiger partial charge < -0.3 is 39.2 Å². The molecule has 468 valence electrons. The normalized spacial score (nSPS) is 19.5. The van der Waals surface area contributed by atoms with Crippen molar-refractivity contribution in [1.82, 2.24) is 14.7 Å². The van der Waals surface area contributed by atoms with Gasteiger partial charge in [-0.25, -0.2) is 0 Å². The Balaban J connectivity index is 0.000000120. The summed E-state index contributed by atoms with van der Waals surface area (Å²) in [7, 11) is 8.64. The first-order valence-corrected chi connectivity index (χ1v) is 32.4. The summed E-state index contributed by atoms with van der Waals surface area (Å²) in [6.07, 6.45) is 14.4. The molecule has 0 amide bonds. The minimum Gasteiger partial charge on any atom is -0.386 e. The first-order chi connectivity index (χ1) is 43.9. The van der Waals surface area contributed by atoms with Gasteiger partial charge in [0.1, 0.15) is 0 Å². The van der Waals surface area contributed by atoms with E-state index in [9.17, 15) is 0 Å². The van der Waals surface area contributed by atoms with Crippen LogP contribution < -0.4 is 24.5 Å². The molecule has 19 rings (SSSR count). The third-order valence-electron chi connectivity index (χ3n) is 21.8. The molecule has 8 aliphatic heterocycles. The van der Waals surface area contributed by atoms with Crippen LogP contribution in [0.2, 0.25) is 0 Å². The summed E-state index contributed by atoms with van der Waals surface area (Å²) in [6, 6.07) is 69.1. The summed E-state index contributed by atoms with van der Waals surface area (Å²) >= 11 is 0. The van der Waals surface area contributed by atoms with Crippen LogP contribution in [0.25, 0.3) is 44.5 Å². The SMILES string of the molecule is C[C-]1c2cc(-c3ccccc3)ccc2N2C=CN(C)C12.C[C-]1c2cc3c(cc2N2C=CN(C)C12)C(C)(C)c1ccccc1-3.C[C-]1c2cc3c(cc2N2c4ccccc4N(C)C12)C(C)(C)c1ccccc1-3.Cc1ccccc1-c1ccc2c(c1)[C-](C)C1N(C)C=CN21.[Y].[Y].[Y].[Y]. The quantitative estimate of drug-likeness (QED) is 0.158. The monoisotopic (exact) mass is 1540 g/mol. The van der Waals surface area contributed by atoms with E-state index in [-0.39, 0.29) is 142 Å². The molecule has 8 nitrogen and oxygen atoms in total. The summed E-state index contributed by atoms with van der Waals surface area (Å²) in [5.41, 5.74) is 31.5. The van der Waals surface area contributed by atoms with Gasteiger partial charge in [0.2, 0.25) is 0 Å². The Morgan fingerprint density at radius 1 is 0.305 bits per heavy atom. The summed E-state index contributed by atoms with van der Waals surface area (Å²) in [6.45, 7) is 20.6. The number of rotatable bonds is 2. The fourth-order valence-electron chi connectivity index (χ4n) is 17.0. The maximum atomic E-state index is 2.53. The van der Waals surface area contributed by atoms with Crippen LogP contribution in [0.1, 0.15) is 105 Å². The topological polar surface area (TPSA) is 25.9 Å². The Morgan fingerprint density at radius 2 is 0.695 bits per heavy atom. The zero-order chi connectivity index (χ0) is 62.7. The zero-order valence-corrected chi connectivity index (χ0v) is 68.4. The average molecular weight is 1550 g/mol. The summed E-state index contributed by atoms with van der Waals surface area (Å²) in [4.78, 5) is 18.9. The van der Waals surface area contributed by atoms with Crippen molar-refractivity contribution in [3.05, 3.63) is 299 Å². The molecule has 4 atom stereocenters. The van der Waals surface area contributed by atoms with Crippen molar-refractivity contribution in [3.8, 4) is 44.5 Å². The molecule has 0 saturated heterocycles. The average Bonchev–Trinajstić information content (AvgIpc) is 1.55. The largest absolute Gasteiger partial charge is 0.386 e. The molecule has 4 radical (unpaired) electrons. The van der Waals surface area contributed by atoms with Gasteiger partial charge in [0.25, 0.3) is 0 Å². The first-order valence-electron chi connectivity index (χ1n) is 32.4. The standard InChI is InChI=1S/C25H23N2.C21H21N2.C19H19N2.C18H17N2.4Y/c1-15-17-13-18-16-9-5-6-10-19(16)25(2,3)20(18)14-23(17)27-22-12-8-7-11-21(22)26(4)24(15)27;1-13-15-11-16-14-7-5-6-8-17(14)21(2,3)18(16)12-19(15)23-10-9-22(4)20(13)23;1-13-6-4-5-7-16(13)15-8-9-18-17(12-15)14(2)19-20(3)10-11-21(18)19;1-13-16-12-15(14-6-4-3-5-7-14)8-9-17(16)20-11-10-19(2)18(13)20;;;;/h5-14,24H,1-4H3;5-12,20H,1-4H3;4-12,19H,1-3H3;3-12,18H,1-2H3;;;;/q4*-1;;;;. The van der Waals surface area contributed by atoms with Gasteiger partial charge in [-0.05, 0) is 58.0 Å². The molecule has 4 unspecified atom stereocenters. The molecule has 0 aromatic heterocycles. The summed E-state index contributed by atoms with van der Waals surface area (Å²) < 4.78 is 0. The maximum Gasteiger partial charge on any atom is 0.0719 e. The Labute approximate surface area is 665 Å². The van der Waals surface area contributed by atoms with Crippen LogP contribution in [0.15, 0.2) is 225 Å². The van der Waals surface area contributed by atoms with Crippen LogP contribution in [0.4, 0.5) is 34.1 Å². The number of anilines is 6. The van der Waals surface area contributed by atoms with Crippen LogP contribution in [0.3, 0.4) is 0 Å². The molecular weight excluding hydrogens is 1460 g/mol. The van der Waals surface area contributed by atoms with Gasteiger partial charge in [-0.1, -0.05) is 263 Å². The van der Waals surface area contributed by atoms with E-state index < -0.39 is 0 Å². The number of benzene rings is 9. The van der Waals surface area contributed by atoms with E-state index in [2.05, 4.69) is 355 Å². The third kappa shape index (κ3) is 10.8. The van der Waals surface area contributed by atoms with E-state index in [1.54, 1.807) is 0 Å². The van der Waals surface area contributed by atoms with Crippen LogP contribution in [0, 0.1) is 30.6 Å². The van der Waals surface area contributed by atoms with Crippen molar-refractivity contribution in [1.29, 1.82) is 0 Å². The summed E-state index contributed by atoms with van der Waals surface area (Å²) in [5, 5.41) is 0. The molecule has 0 spiro atoms. The molecule has 9 aromatic rings. The predicted octanol–water partition coefficient (Wildman–Crippen LogP) is 18.4. The fourth-order valence-corrected chi connectivity index (χ4v) is 17.0. The van der Waals surface area contributed by atoms with Crippen molar-refractivity contribution in [2.24, 2.45) is 0 Å². The van der Waals surface area contributed by atoms with Crippen molar-refractivity contribution >= 4 is 34.1 Å². The van der Waals surface area contributed by atoms with Gasteiger partial charge in [0.15, 0.2) is 0 Å². The van der Waals surface area contributed by atoms with Gasteiger partial charge in [0.05, 0.1) is 36.0 Å². The van der Waals surface area contributed by atoms with Gasteiger partial charge in [-0.3, -0.25) is 0 Å². The van der Waals surface area contributed by atoms with Crippen LogP contribution >= 0.6 is 0 Å². The number of fused-ring (bicyclic) bond motifs is 20. The number of aryl methyl sites for hydroxylation is 1. The smallest absolute Gasteiger partial charge is 0.0719 e. The second kappa shape index (κ2) is 26.3. The van der Waals surface area contributed by atoms with E-state index in [1.165, 1.54) is 152 Å². The van der Waals surface area contributed by atoms with E-state index in [1.807, 2.05) is 0 Å². The molecule has 0 N–H and O–H groups in total. The minimum atomic E-state index is 0. The van der Waals surface area contributed by atoms with Crippen LogP contribution in [-0.2, 0) is 142 Å². The minimum absolute atomic E-state index is 0. The van der Waals surface area contributed by atoms with Crippen molar-refractivity contribution < 1.29 is 131 Å². The molecule has 0 fully saturated rings. The summed E-state index contributed by atoms with van der Waals surface area (Å²) in [5.74, 6) is 5.73. The van der Waals surface area contributed by atoms with Crippen molar-refractivity contribution in [3.63, 3.8) is 0 Å². The Morgan fingerprint density at radius 3 is 1.21 bits per heavy atom. The predicted molar refractivity (Wildman–Crippen MR) is 379 cm³/mol. The second-order valence-corrected chi connectivity index (χ2v) is 27.6. The molecule has 0 bridgehead atoms. The van der Waals surface area contributed by atoms with Crippen LogP contribution in [0.5, 0.6) is 0 Å². The Hall–Kier alpha value is -5.50. The molecular formula is C83H80N8Y4-4. The second-order valence-electron chi connectivity index (χ2n) is 27.6. The Bertz CT molecular complexity index is 4540. The molecule has 8 heterocycles. The van der Waals surface area contributed by atoms with E-state index >= 15 is 0 Å². The number of nitrogens with zero attached hydrogens (tertiary/aromatic N) is 8. The molecule has 9 aromatic carbocycles. The zero-order valence-electron chi connectivity index (χ0n) is 57.1.